The van der Waals surface area contributed by atoms with Gasteiger partial charge in [0, 0.05) is 12.7 Å². The first kappa shape index (κ1) is 16.4. The standard InChI is InChI=1S/C17H25F2NO/c1-11-5-6-12(18)13(14(11)19)15(20)17(21-4)9-7-16(2,3)8-10-17/h5-6,15H,7-10,20H2,1-4H3. The van der Waals surface area contributed by atoms with Gasteiger partial charge in [0.1, 0.15) is 11.6 Å². The van der Waals surface area contributed by atoms with E-state index in [2.05, 4.69) is 13.8 Å². The van der Waals surface area contributed by atoms with Gasteiger partial charge >= 0.3 is 0 Å². The van der Waals surface area contributed by atoms with Crippen LogP contribution >= 0.6 is 0 Å². The molecular weight excluding hydrogens is 272 g/mol. The topological polar surface area (TPSA) is 35.2 Å². The van der Waals surface area contributed by atoms with Crippen LogP contribution < -0.4 is 5.73 Å². The largest absolute Gasteiger partial charge is 0.376 e. The van der Waals surface area contributed by atoms with Crippen LogP contribution in [0.2, 0.25) is 0 Å². The number of hydrogen-bond donors (Lipinski definition) is 1. The van der Waals surface area contributed by atoms with Crippen LogP contribution in [0.1, 0.15) is 56.7 Å². The van der Waals surface area contributed by atoms with Crippen molar-refractivity contribution in [2.45, 2.75) is 58.1 Å². The van der Waals surface area contributed by atoms with Crippen LogP contribution in [0.5, 0.6) is 0 Å². The molecule has 0 radical (unpaired) electrons. The van der Waals surface area contributed by atoms with Crippen LogP contribution in [0, 0.1) is 24.0 Å². The smallest absolute Gasteiger partial charge is 0.133 e. The third-order valence-electron chi connectivity index (χ3n) is 5.05. The van der Waals surface area contributed by atoms with E-state index >= 15 is 0 Å². The highest BCUT2D eigenvalue weighted by molar-refractivity contribution is 5.31. The summed E-state index contributed by atoms with van der Waals surface area (Å²) in [6.45, 7) is 6.02. The average Bonchev–Trinajstić information content (AvgIpc) is 2.44. The molecule has 1 aliphatic carbocycles. The molecule has 1 unspecified atom stereocenters. The molecule has 1 fully saturated rings. The summed E-state index contributed by atoms with van der Waals surface area (Å²) < 4.78 is 34.1. The molecule has 0 spiro atoms. The molecule has 0 heterocycles. The lowest BCUT2D eigenvalue weighted by atomic mass is 9.67. The van der Waals surface area contributed by atoms with E-state index in [1.54, 1.807) is 14.0 Å². The predicted octanol–water partition coefficient (Wildman–Crippen LogP) is 4.26. The first-order valence-electron chi connectivity index (χ1n) is 7.48. The van der Waals surface area contributed by atoms with Gasteiger partial charge in [0.2, 0.25) is 0 Å². The molecule has 1 aromatic rings. The Morgan fingerprint density at radius 2 is 1.71 bits per heavy atom. The van der Waals surface area contributed by atoms with Crippen LogP contribution in [-0.4, -0.2) is 12.7 Å². The maximum Gasteiger partial charge on any atom is 0.133 e. The molecule has 0 aromatic heterocycles. The summed E-state index contributed by atoms with van der Waals surface area (Å²) in [7, 11) is 1.59. The van der Waals surface area contributed by atoms with Gasteiger partial charge in [-0.25, -0.2) is 8.78 Å². The van der Waals surface area contributed by atoms with Crippen molar-refractivity contribution in [1.82, 2.24) is 0 Å². The second kappa shape index (κ2) is 5.65. The van der Waals surface area contributed by atoms with Crippen molar-refractivity contribution in [3.05, 3.63) is 34.9 Å². The Morgan fingerprint density at radius 1 is 1.14 bits per heavy atom. The molecule has 2 nitrogen and oxygen atoms in total. The summed E-state index contributed by atoms with van der Waals surface area (Å²) >= 11 is 0. The SMILES string of the molecule is COC1(C(N)c2c(F)ccc(C)c2F)CCC(C)(C)CC1. The summed E-state index contributed by atoms with van der Waals surface area (Å²) in [4.78, 5) is 0. The monoisotopic (exact) mass is 297 g/mol. The fourth-order valence-electron chi connectivity index (χ4n) is 3.22. The highest BCUT2D eigenvalue weighted by Gasteiger charge is 2.45. The first-order valence-corrected chi connectivity index (χ1v) is 7.48. The lowest BCUT2D eigenvalue weighted by molar-refractivity contribution is -0.0806. The second-order valence-corrected chi connectivity index (χ2v) is 7.00. The first-order chi connectivity index (χ1) is 9.72. The molecule has 4 heteroatoms. The minimum Gasteiger partial charge on any atom is -0.376 e. The minimum absolute atomic E-state index is 0.0449. The number of aryl methyl sites for hydroxylation is 1. The molecule has 1 saturated carbocycles. The van der Waals surface area contributed by atoms with E-state index in [0.29, 0.717) is 18.4 Å². The van der Waals surface area contributed by atoms with E-state index in [1.807, 2.05) is 0 Å². The second-order valence-electron chi connectivity index (χ2n) is 7.00. The van der Waals surface area contributed by atoms with Gasteiger partial charge in [-0.1, -0.05) is 19.9 Å². The van der Waals surface area contributed by atoms with Crippen molar-refractivity contribution in [3.63, 3.8) is 0 Å². The van der Waals surface area contributed by atoms with Gasteiger partial charge in [-0.05, 0) is 49.7 Å². The molecule has 118 valence electrons. The highest BCUT2D eigenvalue weighted by Crippen LogP contribution is 2.47. The van der Waals surface area contributed by atoms with Crippen molar-refractivity contribution in [3.8, 4) is 0 Å². The van der Waals surface area contributed by atoms with Gasteiger partial charge in [-0.3, -0.25) is 0 Å². The zero-order valence-corrected chi connectivity index (χ0v) is 13.3. The van der Waals surface area contributed by atoms with Gasteiger partial charge in [-0.15, -0.1) is 0 Å². The number of nitrogens with two attached hydrogens (primary N) is 1. The third-order valence-corrected chi connectivity index (χ3v) is 5.05. The maximum atomic E-state index is 14.4. The van der Waals surface area contributed by atoms with Crippen LogP contribution in [0.25, 0.3) is 0 Å². The normalized spacial score (nSPS) is 22.0. The highest BCUT2D eigenvalue weighted by atomic mass is 19.1. The Balaban J connectivity index is 2.38. The van der Waals surface area contributed by atoms with E-state index in [1.165, 1.54) is 12.1 Å². The van der Waals surface area contributed by atoms with E-state index in [-0.39, 0.29) is 11.0 Å². The fourth-order valence-corrected chi connectivity index (χ4v) is 3.22. The van der Waals surface area contributed by atoms with E-state index in [0.717, 1.165) is 12.8 Å². The van der Waals surface area contributed by atoms with Gasteiger partial charge in [-0.2, -0.15) is 0 Å². The molecule has 1 atom stereocenters. The molecule has 0 amide bonds. The number of hydrogen-bond acceptors (Lipinski definition) is 2. The molecule has 2 N–H and O–H groups in total. The van der Waals surface area contributed by atoms with Crippen molar-refractivity contribution in [1.29, 1.82) is 0 Å². The third kappa shape index (κ3) is 2.97. The number of benzene rings is 1. The predicted molar refractivity (Wildman–Crippen MR) is 80.0 cm³/mol. The Hall–Kier alpha value is -1.00. The summed E-state index contributed by atoms with van der Waals surface area (Å²) in [5.41, 5.74) is 6.17. The van der Waals surface area contributed by atoms with E-state index in [9.17, 15) is 8.78 Å². The molecule has 21 heavy (non-hydrogen) atoms. The summed E-state index contributed by atoms with van der Waals surface area (Å²) in [5.74, 6) is -1.14. The maximum absolute atomic E-state index is 14.4. The number of halogens is 2. The Labute approximate surface area is 125 Å². The number of methoxy groups -OCH3 is 1. The zero-order chi connectivity index (χ0) is 15.8. The molecular formula is C17H25F2NO. The average molecular weight is 297 g/mol. The molecule has 2 rings (SSSR count). The van der Waals surface area contributed by atoms with Crippen molar-refractivity contribution < 1.29 is 13.5 Å². The number of ether oxygens (including phenoxy) is 1. The summed E-state index contributed by atoms with van der Waals surface area (Å²) in [6.07, 6.45) is 3.29. The van der Waals surface area contributed by atoms with Crippen LogP contribution in [0.4, 0.5) is 8.78 Å². The fraction of sp³-hybridized carbons (Fsp3) is 0.647. The van der Waals surface area contributed by atoms with Crippen LogP contribution in [0.15, 0.2) is 12.1 Å². The quantitative estimate of drug-likeness (QED) is 0.904. The van der Waals surface area contributed by atoms with E-state index < -0.39 is 23.3 Å². The summed E-state index contributed by atoms with van der Waals surface area (Å²) in [6, 6.07) is 1.92. The van der Waals surface area contributed by atoms with E-state index in [4.69, 9.17) is 10.5 Å². The van der Waals surface area contributed by atoms with Crippen LogP contribution in [-0.2, 0) is 4.74 Å². The Bertz CT molecular complexity index is 518. The van der Waals surface area contributed by atoms with Crippen molar-refractivity contribution in [2.75, 3.05) is 7.11 Å². The lowest BCUT2D eigenvalue weighted by Gasteiger charge is -2.46. The lowest BCUT2D eigenvalue weighted by Crippen LogP contribution is -2.48. The molecule has 0 aliphatic heterocycles. The van der Waals surface area contributed by atoms with Gasteiger partial charge in [0.05, 0.1) is 11.6 Å². The minimum atomic E-state index is -0.793. The van der Waals surface area contributed by atoms with Crippen molar-refractivity contribution in [2.24, 2.45) is 11.1 Å². The van der Waals surface area contributed by atoms with Gasteiger partial charge in [0.25, 0.3) is 0 Å². The molecule has 1 aromatic carbocycles. The molecule has 0 saturated heterocycles. The van der Waals surface area contributed by atoms with Gasteiger partial charge < -0.3 is 10.5 Å². The number of rotatable bonds is 3. The van der Waals surface area contributed by atoms with Gasteiger partial charge in [0.15, 0.2) is 0 Å². The Morgan fingerprint density at radius 3 is 2.24 bits per heavy atom. The molecule has 0 bridgehead atoms. The van der Waals surface area contributed by atoms with Crippen LogP contribution in [0.3, 0.4) is 0 Å². The zero-order valence-electron chi connectivity index (χ0n) is 13.3. The Kier molecular flexibility index (Phi) is 4.41. The van der Waals surface area contributed by atoms with Crippen molar-refractivity contribution >= 4 is 0 Å². The molecule has 1 aliphatic rings. The summed E-state index contributed by atoms with van der Waals surface area (Å²) in [5, 5.41) is 0.